The van der Waals surface area contributed by atoms with E-state index >= 15 is 0 Å². The average Bonchev–Trinajstić information content (AvgIpc) is 3.45. The minimum absolute atomic E-state index is 0.719. The maximum atomic E-state index is 5.55. The van der Waals surface area contributed by atoms with Crippen LogP contribution >= 0.6 is 11.3 Å². The molecule has 0 amide bonds. The van der Waals surface area contributed by atoms with Crippen LogP contribution in [0.1, 0.15) is 22.4 Å². The largest absolute Gasteiger partial charge is 0.378 e. The van der Waals surface area contributed by atoms with Gasteiger partial charge in [0.15, 0.2) is 5.82 Å². The summed E-state index contributed by atoms with van der Waals surface area (Å²) in [7, 11) is 0. The molecule has 1 aromatic carbocycles. The molecule has 6 nitrogen and oxygen atoms in total. The van der Waals surface area contributed by atoms with Crippen molar-refractivity contribution in [3.8, 4) is 11.4 Å². The molecule has 1 fully saturated rings. The van der Waals surface area contributed by atoms with Crippen LogP contribution < -0.4 is 10.2 Å². The van der Waals surface area contributed by atoms with Gasteiger partial charge in [0.25, 0.3) is 0 Å². The minimum Gasteiger partial charge on any atom is -0.378 e. The molecule has 3 aromatic heterocycles. The predicted molar refractivity (Wildman–Crippen MR) is 129 cm³/mol. The van der Waals surface area contributed by atoms with Crippen LogP contribution in [0, 0.1) is 0 Å². The van der Waals surface area contributed by atoms with E-state index < -0.39 is 0 Å². The zero-order valence-corrected chi connectivity index (χ0v) is 18.7. The van der Waals surface area contributed by atoms with Crippen LogP contribution in [0.25, 0.3) is 21.6 Å². The van der Waals surface area contributed by atoms with E-state index in [0.29, 0.717) is 0 Å². The Bertz CT molecular complexity index is 1250. The predicted octanol–water partition coefficient (Wildman–Crippen LogP) is 4.69. The van der Waals surface area contributed by atoms with Crippen molar-refractivity contribution in [3.63, 3.8) is 0 Å². The molecule has 1 aliphatic heterocycles. The highest BCUT2D eigenvalue weighted by Gasteiger charge is 2.23. The van der Waals surface area contributed by atoms with Crippen LogP contribution in [-0.2, 0) is 24.1 Å². The van der Waals surface area contributed by atoms with Crippen LogP contribution in [0.2, 0.25) is 0 Å². The quantitative estimate of drug-likeness (QED) is 0.483. The van der Waals surface area contributed by atoms with Crippen molar-refractivity contribution in [1.29, 1.82) is 0 Å². The van der Waals surface area contributed by atoms with E-state index in [1.807, 2.05) is 29.7 Å². The number of hydrogen-bond donors (Lipinski definition) is 1. The van der Waals surface area contributed by atoms with Crippen molar-refractivity contribution in [2.75, 3.05) is 36.5 Å². The lowest BCUT2D eigenvalue weighted by molar-refractivity contribution is 0.122. The van der Waals surface area contributed by atoms with Gasteiger partial charge in [0.1, 0.15) is 10.6 Å². The number of fused-ring (bicyclic) bond motifs is 3. The first-order chi connectivity index (χ1) is 15.9. The second-order valence-electron chi connectivity index (χ2n) is 8.26. The molecule has 0 unspecified atom stereocenters. The third-order valence-corrected chi connectivity index (χ3v) is 7.46. The summed E-state index contributed by atoms with van der Waals surface area (Å²) in [6, 6.07) is 12.6. The van der Waals surface area contributed by atoms with Gasteiger partial charge < -0.3 is 15.0 Å². The molecule has 7 heteroatoms. The molecule has 0 atom stereocenters. The Morgan fingerprint density at radius 3 is 2.81 bits per heavy atom. The van der Waals surface area contributed by atoms with Crippen LogP contribution in [0.5, 0.6) is 0 Å². The molecule has 1 aliphatic carbocycles. The Kier molecular flexibility index (Phi) is 5.21. The molecule has 4 aromatic rings. The van der Waals surface area contributed by atoms with Gasteiger partial charge in [0.05, 0.1) is 18.6 Å². The summed E-state index contributed by atoms with van der Waals surface area (Å²) in [4.78, 5) is 19.1. The molecule has 1 saturated heterocycles. The number of pyridine rings is 1. The Labute approximate surface area is 191 Å². The Morgan fingerprint density at radius 2 is 1.94 bits per heavy atom. The summed E-state index contributed by atoms with van der Waals surface area (Å²) < 4.78 is 5.55. The number of para-hydroxylation sites is 1. The molecule has 6 rings (SSSR count). The summed E-state index contributed by atoms with van der Waals surface area (Å²) in [5.41, 5.74) is 4.93. The number of morpholine rings is 1. The van der Waals surface area contributed by atoms with E-state index in [-0.39, 0.29) is 0 Å². The number of rotatable bonds is 5. The molecule has 4 heterocycles. The highest BCUT2D eigenvalue weighted by molar-refractivity contribution is 7.19. The molecule has 2 aliphatic rings. The highest BCUT2D eigenvalue weighted by Crippen LogP contribution is 2.40. The standard InChI is InChI=1S/C25H25N5OS/c1-2-8-20(30-11-13-31-14-12-30)17(5-1)16-27-24-22-19-7-3-9-21(19)32-25(22)29-23(28-24)18-6-4-10-26-15-18/h1-2,4-6,8,10,15H,3,7,9,11-14,16H2,(H,27,28,29). The van der Waals surface area contributed by atoms with Crippen LogP contribution in [0.15, 0.2) is 48.8 Å². The van der Waals surface area contributed by atoms with Gasteiger partial charge in [-0.3, -0.25) is 4.98 Å². The highest BCUT2D eigenvalue weighted by atomic mass is 32.1. The molecule has 0 bridgehead atoms. The Morgan fingerprint density at radius 1 is 1.03 bits per heavy atom. The van der Waals surface area contributed by atoms with Crippen LogP contribution in [0.3, 0.4) is 0 Å². The molecule has 0 radical (unpaired) electrons. The van der Waals surface area contributed by atoms with Crippen molar-refractivity contribution in [1.82, 2.24) is 15.0 Å². The fourth-order valence-corrected chi connectivity index (χ4v) is 5.96. The van der Waals surface area contributed by atoms with Gasteiger partial charge in [-0.1, -0.05) is 18.2 Å². The smallest absolute Gasteiger partial charge is 0.164 e. The minimum atomic E-state index is 0.719. The number of thiophene rings is 1. The second kappa shape index (κ2) is 8.48. The molecule has 162 valence electrons. The van der Waals surface area contributed by atoms with Crippen molar-refractivity contribution in [3.05, 3.63) is 64.8 Å². The van der Waals surface area contributed by atoms with E-state index in [1.165, 1.54) is 33.5 Å². The summed E-state index contributed by atoms with van der Waals surface area (Å²) in [6.07, 6.45) is 7.10. The van der Waals surface area contributed by atoms with Gasteiger partial charge in [-0.25, -0.2) is 9.97 Å². The van der Waals surface area contributed by atoms with E-state index in [0.717, 1.165) is 67.7 Å². The molecular weight excluding hydrogens is 418 g/mol. The van der Waals surface area contributed by atoms with Gasteiger partial charge in [0, 0.05) is 48.2 Å². The Balaban J connectivity index is 1.38. The molecule has 1 N–H and O–H groups in total. The maximum Gasteiger partial charge on any atom is 0.164 e. The van der Waals surface area contributed by atoms with E-state index in [4.69, 9.17) is 14.7 Å². The monoisotopic (exact) mass is 443 g/mol. The summed E-state index contributed by atoms with van der Waals surface area (Å²) in [5, 5.41) is 4.89. The van der Waals surface area contributed by atoms with E-state index in [2.05, 4.69) is 39.5 Å². The number of ether oxygens (including phenoxy) is 1. The first-order valence-corrected chi connectivity index (χ1v) is 12.1. The van der Waals surface area contributed by atoms with Gasteiger partial charge in [-0.05, 0) is 48.6 Å². The van der Waals surface area contributed by atoms with Crippen LogP contribution in [-0.4, -0.2) is 41.3 Å². The van der Waals surface area contributed by atoms with Gasteiger partial charge in [0.2, 0.25) is 0 Å². The van der Waals surface area contributed by atoms with E-state index in [9.17, 15) is 0 Å². The van der Waals surface area contributed by atoms with Crippen molar-refractivity contribution in [2.24, 2.45) is 0 Å². The number of nitrogens with zero attached hydrogens (tertiary/aromatic N) is 4. The lowest BCUT2D eigenvalue weighted by atomic mass is 10.1. The number of aromatic nitrogens is 3. The number of hydrogen-bond acceptors (Lipinski definition) is 7. The second-order valence-corrected chi connectivity index (χ2v) is 9.34. The number of anilines is 2. The summed E-state index contributed by atoms with van der Waals surface area (Å²) in [5.74, 6) is 1.67. The third-order valence-electron chi connectivity index (χ3n) is 6.27. The first kappa shape index (κ1) is 19.6. The summed E-state index contributed by atoms with van der Waals surface area (Å²) >= 11 is 1.82. The normalized spacial score (nSPS) is 15.8. The van der Waals surface area contributed by atoms with Crippen molar-refractivity contribution < 1.29 is 4.74 Å². The Hall–Kier alpha value is -3.03. The van der Waals surface area contributed by atoms with Crippen molar-refractivity contribution >= 4 is 33.1 Å². The summed E-state index contributed by atoms with van der Waals surface area (Å²) in [6.45, 7) is 4.14. The lowest BCUT2D eigenvalue weighted by Gasteiger charge is -2.30. The van der Waals surface area contributed by atoms with Crippen LogP contribution in [0.4, 0.5) is 11.5 Å². The maximum absolute atomic E-state index is 5.55. The lowest BCUT2D eigenvalue weighted by Crippen LogP contribution is -2.36. The zero-order valence-electron chi connectivity index (χ0n) is 17.9. The van der Waals surface area contributed by atoms with E-state index in [1.54, 1.807) is 6.20 Å². The van der Waals surface area contributed by atoms with Gasteiger partial charge >= 0.3 is 0 Å². The number of aryl methyl sites for hydroxylation is 2. The molecule has 0 saturated carbocycles. The fraction of sp³-hybridized carbons (Fsp3) is 0.320. The zero-order chi connectivity index (χ0) is 21.3. The van der Waals surface area contributed by atoms with Gasteiger partial charge in [-0.2, -0.15) is 0 Å². The van der Waals surface area contributed by atoms with Gasteiger partial charge in [-0.15, -0.1) is 11.3 Å². The fourth-order valence-electron chi connectivity index (χ4n) is 4.70. The first-order valence-electron chi connectivity index (χ1n) is 11.2. The molecule has 32 heavy (non-hydrogen) atoms. The SMILES string of the molecule is c1cncc(-c2nc(NCc3ccccc3N3CCOCC3)c3c4c(sc3n2)CCC4)c1. The number of nitrogens with one attached hydrogen (secondary N) is 1. The number of benzene rings is 1. The molecule has 0 spiro atoms. The topological polar surface area (TPSA) is 63.2 Å². The third kappa shape index (κ3) is 3.61. The van der Waals surface area contributed by atoms with Crippen molar-refractivity contribution in [2.45, 2.75) is 25.8 Å². The average molecular weight is 444 g/mol. The molecular formula is C25H25N5OS.